The highest BCUT2D eigenvalue weighted by atomic mass is 35.5. The lowest BCUT2D eigenvalue weighted by molar-refractivity contribution is 0.531. The molecule has 2 N–H and O–H groups in total. The maximum Gasteiger partial charge on any atom is 0.244 e. The SMILES string of the molecule is CCC(CCCl)NS(=O)(=O)c1c(C)n[nH]c1C. The van der Waals surface area contributed by atoms with Crippen LogP contribution < -0.4 is 4.72 Å². The van der Waals surface area contributed by atoms with Gasteiger partial charge in [0.25, 0.3) is 0 Å². The normalized spacial score (nSPS) is 13.9. The summed E-state index contributed by atoms with van der Waals surface area (Å²) in [6.07, 6.45) is 1.33. The number of aryl methyl sites for hydroxylation is 2. The molecular formula is C10H18ClN3O2S. The molecule has 0 bridgehead atoms. The first-order valence-electron chi connectivity index (χ1n) is 5.52. The molecule has 0 fully saturated rings. The van der Waals surface area contributed by atoms with Crippen LogP contribution in [0.5, 0.6) is 0 Å². The van der Waals surface area contributed by atoms with Crippen molar-refractivity contribution in [2.75, 3.05) is 5.88 Å². The van der Waals surface area contributed by atoms with Crippen molar-refractivity contribution < 1.29 is 8.42 Å². The molecule has 0 aromatic carbocycles. The molecule has 1 unspecified atom stereocenters. The number of aromatic amines is 1. The number of H-pyrrole nitrogens is 1. The Labute approximate surface area is 107 Å². The Hall–Kier alpha value is -0.590. The van der Waals surface area contributed by atoms with E-state index in [9.17, 15) is 8.42 Å². The fraction of sp³-hybridized carbons (Fsp3) is 0.700. The third-order valence-corrected chi connectivity index (χ3v) is 4.60. The molecule has 1 aromatic rings. The number of alkyl halides is 1. The van der Waals surface area contributed by atoms with Crippen LogP contribution >= 0.6 is 11.6 Å². The average molecular weight is 280 g/mol. The van der Waals surface area contributed by atoms with Gasteiger partial charge in [0.2, 0.25) is 10.0 Å². The van der Waals surface area contributed by atoms with Gasteiger partial charge in [-0.3, -0.25) is 5.10 Å². The van der Waals surface area contributed by atoms with Crippen molar-refractivity contribution in [3.05, 3.63) is 11.4 Å². The molecule has 0 saturated carbocycles. The van der Waals surface area contributed by atoms with Crippen LogP contribution in [0.1, 0.15) is 31.2 Å². The molecule has 0 amide bonds. The molecule has 7 heteroatoms. The lowest BCUT2D eigenvalue weighted by atomic mass is 10.2. The first-order chi connectivity index (χ1) is 7.92. The molecule has 0 radical (unpaired) electrons. The molecule has 5 nitrogen and oxygen atoms in total. The molecule has 1 heterocycles. The number of nitrogens with zero attached hydrogens (tertiary/aromatic N) is 1. The highest BCUT2D eigenvalue weighted by molar-refractivity contribution is 7.89. The van der Waals surface area contributed by atoms with Gasteiger partial charge in [0.05, 0.1) is 11.4 Å². The highest BCUT2D eigenvalue weighted by Crippen LogP contribution is 2.17. The molecule has 0 aliphatic rings. The number of sulfonamides is 1. The van der Waals surface area contributed by atoms with Gasteiger partial charge in [-0.15, -0.1) is 11.6 Å². The zero-order valence-electron chi connectivity index (χ0n) is 10.2. The Morgan fingerprint density at radius 2 is 2.12 bits per heavy atom. The minimum Gasteiger partial charge on any atom is -0.281 e. The highest BCUT2D eigenvalue weighted by Gasteiger charge is 2.24. The molecular weight excluding hydrogens is 262 g/mol. The summed E-state index contributed by atoms with van der Waals surface area (Å²) in [5, 5.41) is 6.56. The van der Waals surface area contributed by atoms with Crippen LogP contribution in [0.15, 0.2) is 4.90 Å². The van der Waals surface area contributed by atoms with Crippen LogP contribution in [0.3, 0.4) is 0 Å². The van der Waals surface area contributed by atoms with E-state index in [4.69, 9.17) is 11.6 Å². The van der Waals surface area contributed by atoms with Crippen LogP contribution in [0.4, 0.5) is 0 Å². The van der Waals surface area contributed by atoms with E-state index < -0.39 is 10.0 Å². The molecule has 1 aromatic heterocycles. The van der Waals surface area contributed by atoms with Crippen molar-refractivity contribution in [1.82, 2.24) is 14.9 Å². The summed E-state index contributed by atoms with van der Waals surface area (Å²) in [5.41, 5.74) is 1.03. The van der Waals surface area contributed by atoms with E-state index >= 15 is 0 Å². The van der Waals surface area contributed by atoms with Crippen molar-refractivity contribution in [3.63, 3.8) is 0 Å². The zero-order valence-corrected chi connectivity index (χ0v) is 11.8. The summed E-state index contributed by atoms with van der Waals surface area (Å²) < 4.78 is 27.0. The van der Waals surface area contributed by atoms with Gasteiger partial charge in [0, 0.05) is 11.9 Å². The van der Waals surface area contributed by atoms with E-state index in [1.165, 1.54) is 0 Å². The van der Waals surface area contributed by atoms with Crippen LogP contribution in [0.2, 0.25) is 0 Å². The lowest BCUT2D eigenvalue weighted by Crippen LogP contribution is -2.35. The maximum absolute atomic E-state index is 12.2. The third-order valence-electron chi connectivity index (χ3n) is 2.60. The first-order valence-corrected chi connectivity index (χ1v) is 7.54. The van der Waals surface area contributed by atoms with Crippen LogP contribution in [0, 0.1) is 13.8 Å². The van der Waals surface area contributed by atoms with E-state index in [2.05, 4.69) is 14.9 Å². The Morgan fingerprint density at radius 3 is 2.53 bits per heavy atom. The molecule has 0 aliphatic heterocycles. The summed E-state index contributed by atoms with van der Waals surface area (Å²) in [6.45, 7) is 5.28. The largest absolute Gasteiger partial charge is 0.281 e. The summed E-state index contributed by atoms with van der Waals surface area (Å²) in [6, 6.07) is -0.133. The van der Waals surface area contributed by atoms with Gasteiger partial charge in [-0.1, -0.05) is 6.92 Å². The standard InChI is InChI=1S/C10H18ClN3O2S/c1-4-9(5-6-11)14-17(15,16)10-7(2)12-13-8(10)3/h9,14H,4-6H2,1-3H3,(H,12,13). The number of hydrogen-bond donors (Lipinski definition) is 2. The molecule has 0 saturated heterocycles. The van der Waals surface area contributed by atoms with E-state index in [1.807, 2.05) is 6.92 Å². The molecule has 1 atom stereocenters. The van der Waals surface area contributed by atoms with E-state index in [1.54, 1.807) is 13.8 Å². The summed E-state index contributed by atoms with van der Waals surface area (Å²) in [4.78, 5) is 0.241. The summed E-state index contributed by atoms with van der Waals surface area (Å²) in [5.74, 6) is 0.435. The zero-order chi connectivity index (χ0) is 13.1. The molecule has 0 aliphatic carbocycles. The number of halogens is 1. The second-order valence-corrected chi connectivity index (χ2v) is 6.00. The van der Waals surface area contributed by atoms with Gasteiger partial charge in [-0.2, -0.15) is 5.10 Å². The number of nitrogens with one attached hydrogen (secondary N) is 2. The maximum atomic E-state index is 12.2. The van der Waals surface area contributed by atoms with E-state index in [0.29, 0.717) is 30.1 Å². The van der Waals surface area contributed by atoms with Crippen molar-refractivity contribution in [2.45, 2.75) is 44.6 Å². The number of aromatic nitrogens is 2. The van der Waals surface area contributed by atoms with Gasteiger partial charge >= 0.3 is 0 Å². The Morgan fingerprint density at radius 1 is 1.47 bits per heavy atom. The molecule has 1 rings (SSSR count). The Bertz CT molecular complexity index is 450. The quantitative estimate of drug-likeness (QED) is 0.779. The predicted molar refractivity (Wildman–Crippen MR) is 67.8 cm³/mol. The molecule has 0 spiro atoms. The van der Waals surface area contributed by atoms with Gasteiger partial charge in [0.15, 0.2) is 0 Å². The second-order valence-electron chi connectivity index (χ2n) is 3.97. The van der Waals surface area contributed by atoms with Crippen LogP contribution in [-0.4, -0.2) is 30.5 Å². The second kappa shape index (κ2) is 5.84. The third kappa shape index (κ3) is 3.43. The smallest absolute Gasteiger partial charge is 0.244 e. The minimum atomic E-state index is -3.51. The average Bonchev–Trinajstić information content (AvgIpc) is 2.58. The van der Waals surface area contributed by atoms with Crippen molar-refractivity contribution in [3.8, 4) is 0 Å². The predicted octanol–water partition coefficient (Wildman–Crippen LogP) is 1.71. The van der Waals surface area contributed by atoms with Crippen molar-refractivity contribution in [2.24, 2.45) is 0 Å². The Balaban J connectivity index is 2.96. The number of rotatable bonds is 6. The molecule has 98 valence electrons. The van der Waals surface area contributed by atoms with E-state index in [-0.39, 0.29) is 10.9 Å². The fourth-order valence-corrected chi connectivity index (χ4v) is 3.68. The summed E-state index contributed by atoms with van der Waals surface area (Å²) >= 11 is 5.64. The fourth-order valence-electron chi connectivity index (χ4n) is 1.69. The van der Waals surface area contributed by atoms with Gasteiger partial charge in [0.1, 0.15) is 4.90 Å². The molecule has 17 heavy (non-hydrogen) atoms. The van der Waals surface area contributed by atoms with Crippen LogP contribution in [-0.2, 0) is 10.0 Å². The van der Waals surface area contributed by atoms with Crippen molar-refractivity contribution >= 4 is 21.6 Å². The van der Waals surface area contributed by atoms with Crippen LogP contribution in [0.25, 0.3) is 0 Å². The Kier molecular flexibility index (Phi) is 4.97. The van der Waals surface area contributed by atoms with Crippen molar-refractivity contribution in [1.29, 1.82) is 0 Å². The van der Waals surface area contributed by atoms with E-state index in [0.717, 1.165) is 0 Å². The van der Waals surface area contributed by atoms with Gasteiger partial charge < -0.3 is 0 Å². The lowest BCUT2D eigenvalue weighted by Gasteiger charge is -2.15. The monoisotopic (exact) mass is 279 g/mol. The van der Waals surface area contributed by atoms with Gasteiger partial charge in [-0.25, -0.2) is 13.1 Å². The topological polar surface area (TPSA) is 74.8 Å². The minimum absolute atomic E-state index is 0.133. The van der Waals surface area contributed by atoms with Gasteiger partial charge in [-0.05, 0) is 26.7 Å². The summed E-state index contributed by atoms with van der Waals surface area (Å²) in [7, 11) is -3.51. The first kappa shape index (κ1) is 14.5. The number of hydrogen-bond acceptors (Lipinski definition) is 3.